The molecule has 0 spiro atoms. The van der Waals surface area contributed by atoms with Crippen molar-refractivity contribution >= 4 is 45.3 Å². The minimum Gasteiger partial charge on any atom is -0.490 e. The van der Waals surface area contributed by atoms with Crippen molar-refractivity contribution in [3.63, 3.8) is 0 Å². The van der Waals surface area contributed by atoms with Crippen LogP contribution in [0, 0.1) is 0 Å². The molecule has 11 nitrogen and oxygen atoms in total. The summed E-state index contributed by atoms with van der Waals surface area (Å²) >= 11 is 6.84. The molecule has 0 aromatic carbocycles. The van der Waals surface area contributed by atoms with E-state index in [1.54, 1.807) is 45.3 Å². The normalized spacial score (nSPS) is 22.0. The van der Waals surface area contributed by atoms with E-state index in [4.69, 9.17) is 42.6 Å². The molecule has 0 fully saturated rings. The molecule has 0 N–H and O–H groups in total. The van der Waals surface area contributed by atoms with Gasteiger partial charge in [-0.1, -0.05) is 0 Å². The minimum atomic E-state index is 0.476. The molecule has 0 atom stereocenters. The first-order valence-corrected chi connectivity index (χ1v) is 20.9. The summed E-state index contributed by atoms with van der Waals surface area (Å²) in [5.74, 6) is 3.59. The van der Waals surface area contributed by atoms with E-state index in [2.05, 4.69) is 31.3 Å². The van der Waals surface area contributed by atoms with Crippen LogP contribution in [0.4, 0.5) is 0 Å². The Balaban J connectivity index is 1.19. The molecule has 0 amide bonds. The van der Waals surface area contributed by atoms with E-state index in [9.17, 15) is 0 Å². The highest BCUT2D eigenvalue weighted by atomic mass is 32.1. The van der Waals surface area contributed by atoms with Gasteiger partial charge in [0.25, 0.3) is 0 Å². The second kappa shape index (κ2) is 22.1. The molecular weight excluding hydrogens is 733 g/mol. The van der Waals surface area contributed by atoms with Crippen molar-refractivity contribution in [1.82, 2.24) is 9.80 Å². The Morgan fingerprint density at radius 1 is 0.333 bits per heavy atom. The molecule has 51 heavy (non-hydrogen) atoms. The van der Waals surface area contributed by atoms with Crippen LogP contribution in [-0.2, 0) is 49.9 Å². The van der Waals surface area contributed by atoms with E-state index in [1.165, 1.54) is 19.5 Å². The average Bonchev–Trinajstić information content (AvgIpc) is 3.96. The smallest absolute Gasteiger partial charge is 0.134 e. The van der Waals surface area contributed by atoms with Gasteiger partial charge in [0.05, 0.1) is 85.6 Å². The summed E-state index contributed by atoms with van der Waals surface area (Å²) in [6.07, 6.45) is 0. The summed E-state index contributed by atoms with van der Waals surface area (Å²) in [6.45, 7) is 11.5. The first-order valence-electron chi connectivity index (χ1n) is 17.4. The van der Waals surface area contributed by atoms with Gasteiger partial charge in [-0.2, -0.15) is 0 Å². The number of nitrogens with zero attached hydrogens (tertiary/aromatic N) is 2. The number of rotatable bonds is 0. The molecule has 2 aliphatic rings. The van der Waals surface area contributed by atoms with Crippen molar-refractivity contribution in [2.45, 2.75) is 26.2 Å². The number of hydrogen-bond donors (Lipinski definition) is 0. The first kappa shape index (κ1) is 38.4. The van der Waals surface area contributed by atoms with Crippen molar-refractivity contribution in [1.29, 1.82) is 0 Å². The van der Waals surface area contributed by atoms with E-state index < -0.39 is 0 Å². The monoisotopic (exact) mass is 780 g/mol. The van der Waals surface area contributed by atoms with Crippen LogP contribution >= 0.6 is 45.3 Å². The SMILES string of the molecule is c1cc2c(s1)CN1CCOCCN(Cc3sccc3OCCOCCOCCO2)Cc2sccc2OCCOCCOCCOc2ccsc2C1. The van der Waals surface area contributed by atoms with Crippen LogP contribution in [-0.4, -0.2) is 115 Å². The van der Waals surface area contributed by atoms with Crippen molar-refractivity contribution in [3.05, 3.63) is 65.3 Å². The Kier molecular flexibility index (Phi) is 16.6. The Labute approximate surface area is 316 Å². The third-order valence-corrected chi connectivity index (χ3v) is 11.6. The average molecular weight is 781 g/mol. The summed E-state index contributed by atoms with van der Waals surface area (Å²) in [5, 5.41) is 8.35. The first-order chi connectivity index (χ1) is 25.3. The molecule has 0 radical (unpaired) electrons. The van der Waals surface area contributed by atoms with E-state index in [1.807, 2.05) is 24.3 Å². The topological polar surface area (TPSA) is 89.6 Å². The zero-order chi connectivity index (χ0) is 34.8. The van der Waals surface area contributed by atoms with Crippen LogP contribution in [0.3, 0.4) is 0 Å². The fourth-order valence-corrected chi connectivity index (χ4v) is 8.93. The lowest BCUT2D eigenvalue weighted by Crippen LogP contribution is -2.30. The third kappa shape index (κ3) is 13.0. The lowest BCUT2D eigenvalue weighted by Gasteiger charge is -2.24. The minimum absolute atomic E-state index is 0.476. The van der Waals surface area contributed by atoms with Gasteiger partial charge in [-0.25, -0.2) is 0 Å². The highest BCUT2D eigenvalue weighted by molar-refractivity contribution is 7.11. The largest absolute Gasteiger partial charge is 0.490 e. The van der Waals surface area contributed by atoms with E-state index in [0.29, 0.717) is 92.5 Å². The van der Waals surface area contributed by atoms with Gasteiger partial charge in [0.2, 0.25) is 0 Å². The molecule has 6 heterocycles. The third-order valence-electron chi connectivity index (χ3n) is 8.08. The lowest BCUT2D eigenvalue weighted by atomic mass is 10.3. The molecule has 0 aliphatic carbocycles. The van der Waals surface area contributed by atoms with Crippen molar-refractivity contribution in [3.8, 4) is 23.0 Å². The molecule has 0 saturated carbocycles. The Hall–Kier alpha value is -2.28. The van der Waals surface area contributed by atoms with E-state index in [0.717, 1.165) is 62.3 Å². The molecule has 280 valence electrons. The van der Waals surface area contributed by atoms with E-state index >= 15 is 0 Å². The number of hydrogen-bond acceptors (Lipinski definition) is 15. The second-order valence-corrected chi connectivity index (χ2v) is 15.7. The quantitative estimate of drug-likeness (QED) is 0.190. The fourth-order valence-electron chi connectivity index (χ4n) is 5.51. The van der Waals surface area contributed by atoms with Gasteiger partial charge in [-0.3, -0.25) is 9.80 Å². The zero-order valence-electron chi connectivity index (χ0n) is 29.0. The number of thiophene rings is 4. The standard InChI is InChI=1S/C36H48N2O9S4/c1-21-48-33-25-37-5-7-39-8-6-38(27-35-31(3-23-50-35)46-19-14-41-10-9-40-13-17-44-29(1)33)28-36-32(4-24-51-36)47-20-16-43-12-11-42-15-18-45-30-2-22-49-34(30)26-37/h1-4,21-24H,5-20,25-28H2. The van der Waals surface area contributed by atoms with Crippen LogP contribution in [0.15, 0.2) is 45.8 Å². The van der Waals surface area contributed by atoms with Gasteiger partial charge < -0.3 is 42.6 Å². The molecule has 6 rings (SSSR count). The van der Waals surface area contributed by atoms with Crippen LogP contribution in [0.1, 0.15) is 19.5 Å². The Morgan fingerprint density at radius 3 is 0.882 bits per heavy atom. The zero-order valence-corrected chi connectivity index (χ0v) is 32.2. The molecule has 2 bridgehead atoms. The van der Waals surface area contributed by atoms with Crippen LogP contribution < -0.4 is 18.9 Å². The molecule has 4 aromatic heterocycles. The van der Waals surface area contributed by atoms with Gasteiger partial charge in [-0.15, -0.1) is 45.3 Å². The maximum absolute atomic E-state index is 6.36. The fraction of sp³-hybridized carbons (Fsp3) is 0.556. The second-order valence-electron chi connectivity index (χ2n) is 11.7. The van der Waals surface area contributed by atoms with Gasteiger partial charge in [0, 0.05) is 39.3 Å². The highest BCUT2D eigenvalue weighted by Crippen LogP contribution is 2.32. The van der Waals surface area contributed by atoms with Gasteiger partial charge in [0.15, 0.2) is 0 Å². The molecule has 0 unspecified atom stereocenters. The van der Waals surface area contributed by atoms with E-state index in [-0.39, 0.29) is 0 Å². The highest BCUT2D eigenvalue weighted by Gasteiger charge is 2.19. The van der Waals surface area contributed by atoms with Crippen molar-refractivity contribution in [2.24, 2.45) is 0 Å². The Morgan fingerprint density at radius 2 is 0.588 bits per heavy atom. The molecule has 4 aromatic rings. The van der Waals surface area contributed by atoms with Crippen LogP contribution in [0.2, 0.25) is 0 Å². The van der Waals surface area contributed by atoms with Gasteiger partial charge >= 0.3 is 0 Å². The maximum atomic E-state index is 6.36. The number of fused-ring (bicyclic) bond motifs is 10. The molecule has 2 aliphatic heterocycles. The summed E-state index contributed by atoms with van der Waals surface area (Å²) < 4.78 is 54.1. The van der Waals surface area contributed by atoms with Crippen LogP contribution in [0.5, 0.6) is 23.0 Å². The summed E-state index contributed by atoms with van der Waals surface area (Å²) in [5.41, 5.74) is 0. The van der Waals surface area contributed by atoms with Crippen LogP contribution in [0.25, 0.3) is 0 Å². The summed E-state index contributed by atoms with van der Waals surface area (Å²) in [6, 6.07) is 8.18. The number of ether oxygens (including phenoxy) is 9. The predicted octanol–water partition coefficient (Wildman–Crippen LogP) is 6.26. The van der Waals surface area contributed by atoms with Gasteiger partial charge in [-0.05, 0) is 45.8 Å². The summed E-state index contributed by atoms with van der Waals surface area (Å²) in [7, 11) is 0. The van der Waals surface area contributed by atoms with Crippen molar-refractivity contribution < 1.29 is 42.6 Å². The molecule has 15 heteroatoms. The Bertz CT molecular complexity index is 1310. The summed E-state index contributed by atoms with van der Waals surface area (Å²) in [4.78, 5) is 9.52. The predicted molar refractivity (Wildman–Crippen MR) is 202 cm³/mol. The lowest BCUT2D eigenvalue weighted by molar-refractivity contribution is 0.0270. The maximum Gasteiger partial charge on any atom is 0.134 e. The van der Waals surface area contributed by atoms with Crippen molar-refractivity contribution in [2.75, 3.05) is 106 Å². The molecule has 0 saturated heterocycles. The molecular formula is C36H48N2O9S4. The van der Waals surface area contributed by atoms with Gasteiger partial charge in [0.1, 0.15) is 49.4 Å².